The van der Waals surface area contributed by atoms with Crippen molar-refractivity contribution in [3.63, 3.8) is 0 Å². The summed E-state index contributed by atoms with van der Waals surface area (Å²) in [5, 5.41) is 17.7. The lowest BCUT2D eigenvalue weighted by Crippen LogP contribution is -2.17. The van der Waals surface area contributed by atoms with Gasteiger partial charge in [0, 0.05) is 37.7 Å². The van der Waals surface area contributed by atoms with E-state index in [1.807, 2.05) is 12.3 Å². The Labute approximate surface area is 171 Å². The van der Waals surface area contributed by atoms with Crippen molar-refractivity contribution in [1.82, 2.24) is 19.6 Å². The molecular weight excluding hydrogens is 368 g/mol. The van der Waals surface area contributed by atoms with Crippen LogP contribution in [-0.4, -0.2) is 44.3 Å². The molecule has 3 rings (SSSR count). The third kappa shape index (κ3) is 5.99. The number of carbonyl (C=O) groups excluding carboxylic acids is 1. The highest BCUT2D eigenvalue weighted by Crippen LogP contribution is 2.21. The molecule has 0 radical (unpaired) electrons. The highest BCUT2D eigenvalue weighted by Gasteiger charge is 2.14. The molecule has 0 saturated heterocycles. The van der Waals surface area contributed by atoms with E-state index in [1.54, 1.807) is 29.0 Å². The number of fused-ring (bicyclic) bond motifs is 1. The zero-order valence-electron chi connectivity index (χ0n) is 17.5. The number of carbonyl (C=O) groups is 1. The van der Waals surface area contributed by atoms with Crippen molar-refractivity contribution in [3.8, 4) is 0 Å². The fourth-order valence-electron chi connectivity index (χ4n) is 2.73. The number of unbranched alkanes of at least 4 members (excludes halogenated alkanes) is 1. The van der Waals surface area contributed by atoms with Gasteiger partial charge in [-0.15, -0.1) is 0 Å². The molecular formula is C21H30N6O2. The van der Waals surface area contributed by atoms with Gasteiger partial charge in [0.1, 0.15) is 11.6 Å². The Morgan fingerprint density at radius 2 is 2.07 bits per heavy atom. The van der Waals surface area contributed by atoms with Gasteiger partial charge >= 0.3 is 0 Å². The van der Waals surface area contributed by atoms with Crippen LogP contribution in [0.3, 0.4) is 0 Å². The second-order valence-electron chi connectivity index (χ2n) is 7.01. The van der Waals surface area contributed by atoms with Crippen LogP contribution in [-0.2, 0) is 6.42 Å². The fraction of sp³-hybridized carbons (Fsp3) is 0.429. The topological polar surface area (TPSA) is 104 Å². The molecule has 1 amide bonds. The van der Waals surface area contributed by atoms with Crippen LogP contribution in [0.1, 0.15) is 49.5 Å². The highest BCUT2D eigenvalue weighted by atomic mass is 16.2. The second-order valence-corrected chi connectivity index (χ2v) is 7.01. The van der Waals surface area contributed by atoms with Gasteiger partial charge in [-0.2, -0.15) is 9.61 Å². The van der Waals surface area contributed by atoms with E-state index in [-0.39, 0.29) is 5.91 Å². The lowest BCUT2D eigenvalue weighted by molar-refractivity contribution is 0.102. The Bertz CT molecular complexity index is 908. The van der Waals surface area contributed by atoms with E-state index in [2.05, 4.69) is 41.5 Å². The molecule has 3 heterocycles. The third-order valence-electron chi connectivity index (χ3n) is 4.20. The zero-order chi connectivity index (χ0) is 21.2. The van der Waals surface area contributed by atoms with Crippen LogP contribution >= 0.6 is 0 Å². The normalized spacial score (nSPS) is 10.6. The van der Waals surface area contributed by atoms with Crippen molar-refractivity contribution in [2.24, 2.45) is 5.92 Å². The van der Waals surface area contributed by atoms with Gasteiger partial charge in [0.2, 0.25) is 0 Å². The Morgan fingerprint density at radius 3 is 2.72 bits per heavy atom. The predicted octanol–water partition coefficient (Wildman–Crippen LogP) is 3.40. The summed E-state index contributed by atoms with van der Waals surface area (Å²) >= 11 is 0. The lowest BCUT2D eigenvalue weighted by Gasteiger charge is -2.12. The quantitative estimate of drug-likeness (QED) is 0.537. The molecule has 3 aromatic heterocycles. The van der Waals surface area contributed by atoms with Gasteiger partial charge in [-0.3, -0.25) is 9.78 Å². The number of anilines is 2. The Hall–Kier alpha value is -3.00. The van der Waals surface area contributed by atoms with Gasteiger partial charge < -0.3 is 15.7 Å². The number of aryl methyl sites for hydroxylation is 1. The molecule has 156 valence electrons. The van der Waals surface area contributed by atoms with E-state index in [4.69, 9.17) is 10.1 Å². The molecule has 0 spiro atoms. The van der Waals surface area contributed by atoms with Crippen LogP contribution in [0.25, 0.3) is 5.65 Å². The number of amides is 1. The summed E-state index contributed by atoms with van der Waals surface area (Å²) in [5.74, 6) is 1.58. The predicted molar refractivity (Wildman–Crippen MR) is 115 cm³/mol. The average molecular weight is 399 g/mol. The lowest BCUT2D eigenvalue weighted by atomic mass is 10.1. The van der Waals surface area contributed by atoms with E-state index >= 15 is 0 Å². The van der Waals surface area contributed by atoms with E-state index in [9.17, 15) is 4.79 Å². The first kappa shape index (κ1) is 22.3. The SMILES string of the molecule is CCCCc1cnn2c(NC(=O)c3cccnc3)cc(NCC(C)C)nc12.CO. The van der Waals surface area contributed by atoms with Crippen LogP contribution in [0.15, 0.2) is 36.8 Å². The molecule has 0 saturated carbocycles. The van der Waals surface area contributed by atoms with Crippen LogP contribution in [0.2, 0.25) is 0 Å². The van der Waals surface area contributed by atoms with E-state index in [1.165, 1.54) is 0 Å². The minimum Gasteiger partial charge on any atom is -0.400 e. The number of aliphatic hydroxyl groups is 1. The molecule has 0 atom stereocenters. The molecule has 3 N–H and O–H groups in total. The molecule has 0 bridgehead atoms. The summed E-state index contributed by atoms with van der Waals surface area (Å²) in [7, 11) is 1.00. The van der Waals surface area contributed by atoms with Crippen LogP contribution in [0, 0.1) is 5.92 Å². The molecule has 0 aliphatic carbocycles. The first-order chi connectivity index (χ1) is 14.1. The largest absolute Gasteiger partial charge is 0.400 e. The van der Waals surface area contributed by atoms with Gasteiger partial charge in [-0.25, -0.2) is 4.98 Å². The molecule has 8 nitrogen and oxygen atoms in total. The van der Waals surface area contributed by atoms with Gasteiger partial charge in [-0.05, 0) is 30.9 Å². The number of hydrogen-bond acceptors (Lipinski definition) is 6. The number of nitrogens with one attached hydrogen (secondary N) is 2. The molecule has 0 unspecified atom stereocenters. The number of aromatic nitrogens is 4. The van der Waals surface area contributed by atoms with E-state index < -0.39 is 0 Å². The van der Waals surface area contributed by atoms with Crippen molar-refractivity contribution >= 4 is 23.2 Å². The van der Waals surface area contributed by atoms with Crippen molar-refractivity contribution in [2.75, 3.05) is 24.3 Å². The number of hydrogen-bond donors (Lipinski definition) is 3. The van der Waals surface area contributed by atoms with E-state index in [0.29, 0.717) is 17.3 Å². The molecule has 0 aliphatic heterocycles. The van der Waals surface area contributed by atoms with Gasteiger partial charge in [-0.1, -0.05) is 27.2 Å². The number of nitrogens with zero attached hydrogens (tertiary/aromatic N) is 4. The third-order valence-corrected chi connectivity index (χ3v) is 4.20. The van der Waals surface area contributed by atoms with Gasteiger partial charge in [0.15, 0.2) is 5.65 Å². The summed E-state index contributed by atoms with van der Waals surface area (Å²) in [5.41, 5.74) is 2.36. The standard InChI is InChI=1S/C20H26N6O.CH4O/c1-4-5-7-15-13-23-26-18(25-20(27)16-8-6-9-21-12-16)10-17(24-19(15)26)22-11-14(2)3;1-2/h6,8-10,12-14H,4-5,7,11H2,1-3H3,(H,22,24)(H,25,27);2H,1H3. The summed E-state index contributed by atoms with van der Waals surface area (Å²) < 4.78 is 1.69. The maximum atomic E-state index is 12.6. The van der Waals surface area contributed by atoms with Crippen molar-refractivity contribution in [2.45, 2.75) is 40.0 Å². The molecule has 29 heavy (non-hydrogen) atoms. The second kappa shape index (κ2) is 11.1. The maximum absolute atomic E-state index is 12.6. The maximum Gasteiger partial charge on any atom is 0.258 e. The minimum absolute atomic E-state index is 0.226. The molecule has 3 aromatic rings. The Morgan fingerprint density at radius 1 is 1.28 bits per heavy atom. The Kier molecular flexibility index (Phi) is 8.54. The van der Waals surface area contributed by atoms with E-state index in [0.717, 1.165) is 49.9 Å². The number of rotatable bonds is 8. The summed E-state index contributed by atoms with van der Waals surface area (Å²) in [4.78, 5) is 21.3. The van der Waals surface area contributed by atoms with Gasteiger partial charge in [0.25, 0.3) is 5.91 Å². The summed E-state index contributed by atoms with van der Waals surface area (Å²) in [6, 6.07) is 5.29. The monoisotopic (exact) mass is 398 g/mol. The fourth-order valence-corrected chi connectivity index (χ4v) is 2.73. The first-order valence-corrected chi connectivity index (χ1v) is 9.86. The summed E-state index contributed by atoms with van der Waals surface area (Å²) in [6.07, 6.45) is 8.11. The van der Waals surface area contributed by atoms with Crippen LogP contribution in [0.5, 0.6) is 0 Å². The smallest absolute Gasteiger partial charge is 0.258 e. The summed E-state index contributed by atoms with van der Waals surface area (Å²) in [6.45, 7) is 7.25. The van der Waals surface area contributed by atoms with Crippen molar-refractivity contribution < 1.29 is 9.90 Å². The molecule has 0 fully saturated rings. The minimum atomic E-state index is -0.226. The van der Waals surface area contributed by atoms with Crippen molar-refractivity contribution in [3.05, 3.63) is 47.9 Å². The Balaban J connectivity index is 0.00000145. The first-order valence-electron chi connectivity index (χ1n) is 9.86. The zero-order valence-corrected chi connectivity index (χ0v) is 17.5. The molecule has 8 heteroatoms. The molecule has 0 aliphatic rings. The molecule has 0 aromatic carbocycles. The van der Waals surface area contributed by atoms with Gasteiger partial charge in [0.05, 0.1) is 11.8 Å². The van der Waals surface area contributed by atoms with Crippen LogP contribution in [0.4, 0.5) is 11.6 Å². The number of pyridine rings is 1. The average Bonchev–Trinajstić information content (AvgIpc) is 3.16. The number of aliphatic hydroxyl groups excluding tert-OH is 1. The van der Waals surface area contributed by atoms with Crippen LogP contribution < -0.4 is 10.6 Å². The highest BCUT2D eigenvalue weighted by molar-refractivity contribution is 6.03. The van der Waals surface area contributed by atoms with Crippen molar-refractivity contribution in [1.29, 1.82) is 0 Å².